The van der Waals surface area contributed by atoms with E-state index in [2.05, 4.69) is 10.3 Å². The molecule has 0 saturated carbocycles. The SMILES string of the molecule is COc1c(Cl)cc(C(=O)O[C@@H](C)C(=O)Nc2ccc(Cl)cn2)cc1Cl. The number of pyridine rings is 1. The Hall–Kier alpha value is -2.02. The van der Waals surface area contributed by atoms with Crippen LogP contribution in [0.5, 0.6) is 5.75 Å². The van der Waals surface area contributed by atoms with E-state index in [-0.39, 0.29) is 27.2 Å². The van der Waals surface area contributed by atoms with Crippen LogP contribution in [0.2, 0.25) is 15.1 Å². The predicted molar refractivity (Wildman–Crippen MR) is 95.8 cm³/mol. The van der Waals surface area contributed by atoms with Crippen LogP contribution in [-0.4, -0.2) is 30.1 Å². The number of halogens is 3. The molecule has 0 aliphatic carbocycles. The first-order valence-corrected chi connectivity index (χ1v) is 8.11. The summed E-state index contributed by atoms with van der Waals surface area (Å²) in [6, 6.07) is 5.79. The number of aromatic nitrogens is 1. The van der Waals surface area contributed by atoms with E-state index >= 15 is 0 Å². The molecule has 1 heterocycles. The first-order chi connectivity index (χ1) is 11.8. The van der Waals surface area contributed by atoms with Gasteiger partial charge in [0.05, 0.1) is 27.7 Å². The molecule has 0 spiro atoms. The number of carbonyl (C=O) groups excluding carboxylic acids is 2. The number of methoxy groups -OCH3 is 1. The molecular weight excluding hydrogens is 391 g/mol. The smallest absolute Gasteiger partial charge is 0.339 e. The highest BCUT2D eigenvalue weighted by Crippen LogP contribution is 2.34. The summed E-state index contributed by atoms with van der Waals surface area (Å²) in [6.07, 6.45) is 0.319. The minimum atomic E-state index is -1.07. The average molecular weight is 404 g/mol. The lowest BCUT2D eigenvalue weighted by Crippen LogP contribution is -2.30. The fourth-order valence-electron chi connectivity index (χ4n) is 1.83. The first-order valence-electron chi connectivity index (χ1n) is 6.98. The Morgan fingerprint density at radius 3 is 2.32 bits per heavy atom. The number of nitrogens with one attached hydrogen (secondary N) is 1. The van der Waals surface area contributed by atoms with Gasteiger partial charge in [0.25, 0.3) is 5.91 Å². The molecule has 0 unspecified atom stereocenters. The number of ether oxygens (including phenoxy) is 2. The van der Waals surface area contributed by atoms with Crippen LogP contribution in [0.15, 0.2) is 30.5 Å². The van der Waals surface area contributed by atoms with E-state index in [1.807, 2.05) is 0 Å². The van der Waals surface area contributed by atoms with Gasteiger partial charge in [0.2, 0.25) is 0 Å². The highest BCUT2D eigenvalue weighted by Gasteiger charge is 2.21. The largest absolute Gasteiger partial charge is 0.494 e. The maximum absolute atomic E-state index is 12.2. The Kier molecular flexibility index (Phi) is 6.47. The molecule has 2 rings (SSSR count). The second kappa shape index (κ2) is 8.38. The van der Waals surface area contributed by atoms with E-state index in [1.165, 1.54) is 38.4 Å². The van der Waals surface area contributed by atoms with Gasteiger partial charge in [-0.3, -0.25) is 4.79 Å². The van der Waals surface area contributed by atoms with Crippen LogP contribution < -0.4 is 10.1 Å². The quantitative estimate of drug-likeness (QED) is 0.756. The third-order valence-corrected chi connectivity index (χ3v) is 3.85. The molecule has 1 amide bonds. The van der Waals surface area contributed by atoms with E-state index in [4.69, 9.17) is 44.3 Å². The molecule has 6 nitrogen and oxygen atoms in total. The molecule has 0 aliphatic rings. The number of hydrogen-bond acceptors (Lipinski definition) is 5. The number of benzene rings is 1. The summed E-state index contributed by atoms with van der Waals surface area (Å²) in [4.78, 5) is 28.2. The van der Waals surface area contributed by atoms with Crippen LogP contribution in [0.4, 0.5) is 5.82 Å². The molecule has 1 atom stereocenters. The van der Waals surface area contributed by atoms with Crippen molar-refractivity contribution in [3.8, 4) is 5.75 Å². The van der Waals surface area contributed by atoms with Crippen LogP contribution in [0.1, 0.15) is 17.3 Å². The number of amides is 1. The minimum absolute atomic E-state index is 0.0973. The molecule has 0 bridgehead atoms. The monoisotopic (exact) mass is 402 g/mol. The minimum Gasteiger partial charge on any atom is -0.494 e. The molecule has 1 N–H and O–H groups in total. The third-order valence-electron chi connectivity index (χ3n) is 3.07. The Morgan fingerprint density at radius 2 is 1.80 bits per heavy atom. The van der Waals surface area contributed by atoms with Crippen molar-refractivity contribution >= 4 is 52.5 Å². The highest BCUT2D eigenvalue weighted by atomic mass is 35.5. The van der Waals surface area contributed by atoms with Gasteiger partial charge in [0.15, 0.2) is 11.9 Å². The van der Waals surface area contributed by atoms with Crippen molar-refractivity contribution in [2.24, 2.45) is 0 Å². The zero-order chi connectivity index (χ0) is 18.6. The summed E-state index contributed by atoms with van der Waals surface area (Å²) in [5, 5.41) is 3.26. The standard InChI is InChI=1S/C16H13Cl3N2O4/c1-8(15(22)21-13-4-3-10(17)7-20-13)25-16(23)9-5-11(18)14(24-2)12(19)6-9/h3-8H,1-2H3,(H,20,21,22)/t8-/m0/s1. The lowest BCUT2D eigenvalue weighted by atomic mass is 10.2. The molecule has 9 heteroatoms. The summed E-state index contributed by atoms with van der Waals surface area (Å²) in [7, 11) is 1.41. The van der Waals surface area contributed by atoms with Crippen molar-refractivity contribution in [1.82, 2.24) is 4.98 Å². The zero-order valence-corrected chi connectivity index (χ0v) is 15.4. The van der Waals surface area contributed by atoms with Crippen molar-refractivity contribution in [3.63, 3.8) is 0 Å². The van der Waals surface area contributed by atoms with Crippen LogP contribution in [0.3, 0.4) is 0 Å². The number of hydrogen-bond donors (Lipinski definition) is 1. The Bertz CT molecular complexity index is 773. The van der Waals surface area contributed by atoms with Gasteiger partial charge in [-0.1, -0.05) is 34.8 Å². The van der Waals surface area contributed by atoms with Crippen molar-refractivity contribution in [2.75, 3.05) is 12.4 Å². The van der Waals surface area contributed by atoms with Crippen LogP contribution >= 0.6 is 34.8 Å². The maximum Gasteiger partial charge on any atom is 0.339 e. The third kappa shape index (κ3) is 4.98. The van der Waals surface area contributed by atoms with E-state index in [1.54, 1.807) is 6.07 Å². The van der Waals surface area contributed by atoms with E-state index < -0.39 is 18.0 Å². The molecule has 0 aliphatic heterocycles. The number of anilines is 1. The normalized spacial score (nSPS) is 11.6. The van der Waals surface area contributed by atoms with Crippen LogP contribution in [0, 0.1) is 0 Å². The Labute approximate surface area is 159 Å². The molecule has 25 heavy (non-hydrogen) atoms. The molecule has 0 saturated heterocycles. The lowest BCUT2D eigenvalue weighted by Gasteiger charge is -2.14. The summed E-state index contributed by atoms with van der Waals surface area (Å²) in [5.74, 6) is -0.764. The van der Waals surface area contributed by atoms with Crippen LogP contribution in [0.25, 0.3) is 0 Å². The topological polar surface area (TPSA) is 77.5 Å². The first kappa shape index (κ1) is 19.3. The number of rotatable bonds is 5. The van der Waals surface area contributed by atoms with Gasteiger partial charge in [0, 0.05) is 6.20 Å². The van der Waals surface area contributed by atoms with Gasteiger partial charge in [0.1, 0.15) is 5.82 Å². The summed E-state index contributed by atoms with van der Waals surface area (Å²) in [6.45, 7) is 1.43. The summed E-state index contributed by atoms with van der Waals surface area (Å²) < 4.78 is 10.1. The van der Waals surface area contributed by atoms with E-state index in [0.717, 1.165) is 0 Å². The fourth-order valence-corrected chi connectivity index (χ4v) is 2.59. The molecule has 1 aromatic heterocycles. The summed E-state index contributed by atoms with van der Waals surface area (Å²) in [5.41, 5.74) is 0.0973. The van der Waals surface area contributed by atoms with Crippen molar-refractivity contribution in [2.45, 2.75) is 13.0 Å². The maximum atomic E-state index is 12.2. The van der Waals surface area contributed by atoms with Gasteiger partial charge in [-0.2, -0.15) is 0 Å². The molecule has 1 aromatic carbocycles. The zero-order valence-electron chi connectivity index (χ0n) is 13.2. The van der Waals surface area contributed by atoms with Gasteiger partial charge in [-0.25, -0.2) is 9.78 Å². The molecule has 132 valence electrons. The Balaban J connectivity index is 2.04. The van der Waals surface area contributed by atoms with Crippen LogP contribution in [-0.2, 0) is 9.53 Å². The van der Waals surface area contributed by atoms with E-state index in [0.29, 0.717) is 5.02 Å². The molecular formula is C16H13Cl3N2O4. The summed E-state index contributed by atoms with van der Waals surface area (Å²) >= 11 is 17.7. The van der Waals surface area contributed by atoms with Gasteiger partial charge >= 0.3 is 5.97 Å². The molecule has 0 fully saturated rings. The highest BCUT2D eigenvalue weighted by molar-refractivity contribution is 6.37. The van der Waals surface area contributed by atoms with Crippen molar-refractivity contribution < 1.29 is 19.1 Å². The Morgan fingerprint density at radius 1 is 1.16 bits per heavy atom. The van der Waals surface area contributed by atoms with Crippen molar-refractivity contribution in [1.29, 1.82) is 0 Å². The van der Waals surface area contributed by atoms with Gasteiger partial charge < -0.3 is 14.8 Å². The van der Waals surface area contributed by atoms with Gasteiger partial charge in [-0.05, 0) is 31.2 Å². The number of nitrogens with zero attached hydrogens (tertiary/aromatic N) is 1. The fraction of sp³-hybridized carbons (Fsp3) is 0.188. The predicted octanol–water partition coefficient (Wildman–Crippen LogP) is 4.23. The molecule has 0 radical (unpaired) electrons. The second-order valence-corrected chi connectivity index (χ2v) is 6.12. The van der Waals surface area contributed by atoms with Gasteiger partial charge in [-0.15, -0.1) is 0 Å². The number of esters is 1. The number of carbonyl (C=O) groups is 2. The van der Waals surface area contributed by atoms with Crippen molar-refractivity contribution in [3.05, 3.63) is 51.1 Å². The second-order valence-electron chi connectivity index (χ2n) is 4.87. The molecule has 2 aromatic rings. The van der Waals surface area contributed by atoms with E-state index in [9.17, 15) is 9.59 Å². The lowest BCUT2D eigenvalue weighted by molar-refractivity contribution is -0.123. The average Bonchev–Trinajstić information content (AvgIpc) is 2.56.